The summed E-state index contributed by atoms with van der Waals surface area (Å²) in [6.07, 6.45) is 8.70. The van der Waals surface area contributed by atoms with Crippen LogP contribution in [-0.2, 0) is 12.8 Å². The van der Waals surface area contributed by atoms with E-state index in [4.69, 9.17) is 5.73 Å². The molecule has 0 saturated heterocycles. The van der Waals surface area contributed by atoms with Gasteiger partial charge in [0, 0.05) is 24.5 Å². The molecule has 2 aliphatic rings. The fourth-order valence-corrected chi connectivity index (χ4v) is 4.31. The number of aromatic nitrogens is 2. The minimum atomic E-state index is 0.140. The predicted octanol–water partition coefficient (Wildman–Crippen LogP) is 4.08. The van der Waals surface area contributed by atoms with Gasteiger partial charge in [0.05, 0.1) is 5.92 Å². The lowest BCUT2D eigenvalue weighted by Crippen LogP contribution is -2.19. The number of hydrogen-bond acceptors (Lipinski definition) is 3. The molecular formula is C22H19N3. The molecular weight excluding hydrogens is 306 g/mol. The number of aryl methyl sites for hydroxylation is 1. The topological polar surface area (TPSA) is 51.8 Å². The first-order valence-corrected chi connectivity index (χ1v) is 8.78. The maximum absolute atomic E-state index is 6.24. The van der Waals surface area contributed by atoms with Gasteiger partial charge in [0.25, 0.3) is 0 Å². The van der Waals surface area contributed by atoms with Crippen molar-refractivity contribution in [2.75, 3.05) is 0 Å². The molecule has 1 aromatic heterocycles. The van der Waals surface area contributed by atoms with Crippen LogP contribution in [0.4, 0.5) is 0 Å². The van der Waals surface area contributed by atoms with Crippen LogP contribution in [0.1, 0.15) is 40.4 Å². The van der Waals surface area contributed by atoms with Crippen molar-refractivity contribution in [3.63, 3.8) is 0 Å². The average molecular weight is 325 g/mol. The molecule has 0 fully saturated rings. The van der Waals surface area contributed by atoms with Crippen LogP contribution in [0.2, 0.25) is 0 Å². The summed E-state index contributed by atoms with van der Waals surface area (Å²) in [6.45, 7) is 0. The molecule has 2 aliphatic carbocycles. The molecule has 3 aromatic rings. The highest BCUT2D eigenvalue weighted by Gasteiger charge is 2.29. The molecule has 5 rings (SSSR count). The number of hydrogen-bond donors (Lipinski definition) is 1. The van der Waals surface area contributed by atoms with Crippen LogP contribution in [0.5, 0.6) is 0 Å². The van der Waals surface area contributed by atoms with E-state index in [1.165, 1.54) is 33.4 Å². The van der Waals surface area contributed by atoms with Gasteiger partial charge < -0.3 is 5.73 Å². The van der Waals surface area contributed by atoms with Gasteiger partial charge in [-0.15, -0.1) is 0 Å². The fourth-order valence-electron chi connectivity index (χ4n) is 4.31. The first-order valence-electron chi connectivity index (χ1n) is 8.78. The van der Waals surface area contributed by atoms with E-state index in [1.807, 2.05) is 18.5 Å². The van der Waals surface area contributed by atoms with Crippen molar-refractivity contribution >= 4 is 6.08 Å². The van der Waals surface area contributed by atoms with Gasteiger partial charge in [-0.05, 0) is 58.4 Å². The van der Waals surface area contributed by atoms with E-state index >= 15 is 0 Å². The zero-order valence-corrected chi connectivity index (χ0v) is 13.9. The molecule has 1 atom stereocenters. The number of nitrogens with zero attached hydrogens (tertiary/aromatic N) is 2. The second kappa shape index (κ2) is 5.55. The van der Waals surface area contributed by atoms with Crippen LogP contribution < -0.4 is 5.73 Å². The van der Waals surface area contributed by atoms with E-state index in [9.17, 15) is 0 Å². The summed E-state index contributed by atoms with van der Waals surface area (Å²) in [6, 6.07) is 15.1. The molecule has 0 aliphatic heterocycles. The molecule has 1 heterocycles. The number of nitrogens with two attached hydrogens (primary N) is 1. The van der Waals surface area contributed by atoms with E-state index in [1.54, 1.807) is 0 Å². The third-order valence-corrected chi connectivity index (χ3v) is 5.37. The van der Waals surface area contributed by atoms with E-state index in [0.29, 0.717) is 0 Å². The molecule has 3 nitrogen and oxygen atoms in total. The lowest BCUT2D eigenvalue weighted by Gasteiger charge is -2.30. The molecule has 0 spiro atoms. The predicted molar refractivity (Wildman–Crippen MR) is 99.9 cm³/mol. The second-order valence-corrected chi connectivity index (χ2v) is 6.83. The Morgan fingerprint density at radius 3 is 2.60 bits per heavy atom. The maximum atomic E-state index is 6.24. The van der Waals surface area contributed by atoms with E-state index in [0.717, 1.165) is 30.8 Å². The lowest BCUT2D eigenvalue weighted by atomic mass is 9.75. The lowest BCUT2D eigenvalue weighted by molar-refractivity contribution is 0.705. The van der Waals surface area contributed by atoms with E-state index in [2.05, 4.69) is 52.4 Å². The summed E-state index contributed by atoms with van der Waals surface area (Å²) in [4.78, 5) is 9.07. The first kappa shape index (κ1) is 14.4. The Bertz CT molecular complexity index is 989. The molecule has 2 N–H and O–H groups in total. The van der Waals surface area contributed by atoms with Crippen molar-refractivity contribution in [1.82, 2.24) is 9.97 Å². The number of allylic oxidation sites excluding steroid dienone is 1. The molecule has 0 saturated carbocycles. The summed E-state index contributed by atoms with van der Waals surface area (Å²) in [5.74, 6) is 1.01. The Hall–Kier alpha value is -2.94. The summed E-state index contributed by atoms with van der Waals surface area (Å²) < 4.78 is 0. The second-order valence-electron chi connectivity index (χ2n) is 6.83. The Kier molecular flexibility index (Phi) is 3.20. The molecule has 0 amide bonds. The molecule has 0 unspecified atom stereocenters. The van der Waals surface area contributed by atoms with Crippen molar-refractivity contribution in [3.05, 3.63) is 88.6 Å². The van der Waals surface area contributed by atoms with Crippen molar-refractivity contribution < 1.29 is 0 Å². The highest BCUT2D eigenvalue weighted by Crippen LogP contribution is 2.44. The Morgan fingerprint density at radius 2 is 1.72 bits per heavy atom. The summed E-state index contributed by atoms with van der Waals surface area (Å²) in [7, 11) is 0. The van der Waals surface area contributed by atoms with Gasteiger partial charge >= 0.3 is 0 Å². The standard InChI is InChI=1S/C22H19N3/c23-16-12-15-7-8-18-17-5-2-1-4-14(17)6-9-19(18)21(15)20(13-16)22-24-10-3-11-25-22/h1-5,7-8,10-12,20H,6,9,13,23H2/t20-/m0/s1. The van der Waals surface area contributed by atoms with Crippen LogP contribution in [0.3, 0.4) is 0 Å². The van der Waals surface area contributed by atoms with E-state index in [-0.39, 0.29) is 5.92 Å². The van der Waals surface area contributed by atoms with Crippen molar-refractivity contribution in [2.45, 2.75) is 25.2 Å². The normalized spacial score (nSPS) is 17.9. The van der Waals surface area contributed by atoms with Crippen LogP contribution in [0, 0.1) is 0 Å². The zero-order chi connectivity index (χ0) is 16.8. The summed E-state index contributed by atoms with van der Waals surface area (Å²) in [5, 5.41) is 0. The Balaban J connectivity index is 1.76. The monoisotopic (exact) mass is 325 g/mol. The van der Waals surface area contributed by atoms with E-state index < -0.39 is 0 Å². The number of benzene rings is 2. The molecule has 0 radical (unpaired) electrons. The average Bonchev–Trinajstić information content (AvgIpc) is 2.67. The van der Waals surface area contributed by atoms with Gasteiger partial charge in [-0.1, -0.05) is 36.4 Å². The third kappa shape index (κ3) is 2.27. The number of fused-ring (bicyclic) bond motifs is 5. The van der Waals surface area contributed by atoms with Gasteiger partial charge in [-0.2, -0.15) is 0 Å². The Labute approximate surface area is 147 Å². The highest BCUT2D eigenvalue weighted by molar-refractivity contribution is 5.78. The van der Waals surface area contributed by atoms with Crippen LogP contribution in [0.25, 0.3) is 17.2 Å². The minimum Gasteiger partial charge on any atom is -0.402 e. The van der Waals surface area contributed by atoms with Crippen molar-refractivity contribution in [3.8, 4) is 11.1 Å². The fraction of sp³-hybridized carbons (Fsp3) is 0.182. The van der Waals surface area contributed by atoms with Crippen molar-refractivity contribution in [1.29, 1.82) is 0 Å². The van der Waals surface area contributed by atoms with Gasteiger partial charge in [0.15, 0.2) is 0 Å². The van der Waals surface area contributed by atoms with Crippen molar-refractivity contribution in [2.24, 2.45) is 5.73 Å². The molecule has 122 valence electrons. The summed E-state index contributed by atoms with van der Waals surface area (Å²) >= 11 is 0. The quantitative estimate of drug-likeness (QED) is 0.733. The van der Waals surface area contributed by atoms with Crippen LogP contribution in [-0.4, -0.2) is 9.97 Å². The van der Waals surface area contributed by atoms with Gasteiger partial charge in [-0.25, -0.2) is 9.97 Å². The first-order chi connectivity index (χ1) is 12.3. The minimum absolute atomic E-state index is 0.140. The Morgan fingerprint density at radius 1 is 0.880 bits per heavy atom. The molecule has 25 heavy (non-hydrogen) atoms. The molecule has 3 heteroatoms. The van der Waals surface area contributed by atoms with Crippen LogP contribution >= 0.6 is 0 Å². The van der Waals surface area contributed by atoms with Gasteiger partial charge in [0.1, 0.15) is 5.82 Å². The largest absolute Gasteiger partial charge is 0.402 e. The van der Waals surface area contributed by atoms with Gasteiger partial charge in [0.2, 0.25) is 0 Å². The molecule has 0 bridgehead atoms. The smallest absolute Gasteiger partial charge is 0.136 e. The highest BCUT2D eigenvalue weighted by atomic mass is 14.9. The third-order valence-electron chi connectivity index (χ3n) is 5.37. The van der Waals surface area contributed by atoms with Gasteiger partial charge in [-0.3, -0.25) is 0 Å². The zero-order valence-electron chi connectivity index (χ0n) is 13.9. The van der Waals surface area contributed by atoms with Crippen LogP contribution in [0.15, 0.2) is 60.6 Å². The molecule has 2 aromatic carbocycles. The maximum Gasteiger partial charge on any atom is 0.136 e. The SMILES string of the molecule is NC1=Cc2ccc3c(c2[C@@H](c2ncccn2)C1)CCc1ccccc1-3. The number of rotatable bonds is 1. The summed E-state index contributed by atoms with van der Waals surface area (Å²) in [5.41, 5.74) is 15.3.